The SMILES string of the molecule is C/C=C\C(C)=C1\CCN(C)C1=C(C)CC.CCCC.CCCCC(C)CC.Cc1cn2cc(NC=O)c(C(F)F)cc2n1. The Labute approximate surface area is 261 Å². The zero-order chi connectivity index (χ0) is 32.9. The van der Waals surface area contributed by atoms with Crippen molar-refractivity contribution in [1.29, 1.82) is 0 Å². The van der Waals surface area contributed by atoms with E-state index in [9.17, 15) is 13.6 Å². The van der Waals surface area contributed by atoms with Gasteiger partial charge in [0, 0.05) is 37.2 Å². The van der Waals surface area contributed by atoms with E-state index < -0.39 is 6.43 Å². The third-order valence-corrected chi connectivity index (χ3v) is 7.63. The topological polar surface area (TPSA) is 49.6 Å². The van der Waals surface area contributed by atoms with Gasteiger partial charge in [-0.1, -0.05) is 92.2 Å². The average Bonchev–Trinajstić information content (AvgIpc) is 3.56. The van der Waals surface area contributed by atoms with Gasteiger partial charge in [-0.25, -0.2) is 13.8 Å². The molecule has 1 N–H and O–H groups in total. The summed E-state index contributed by atoms with van der Waals surface area (Å²) < 4.78 is 27.0. The summed E-state index contributed by atoms with van der Waals surface area (Å²) in [6.07, 6.45) is 15.7. The Balaban J connectivity index is 0.000000606. The smallest absolute Gasteiger partial charge is 0.266 e. The van der Waals surface area contributed by atoms with Gasteiger partial charge in [0.15, 0.2) is 0 Å². The number of carbonyl (C=O) groups excluding carboxylic acids is 1. The number of hydrogen-bond acceptors (Lipinski definition) is 3. The van der Waals surface area contributed by atoms with Crippen LogP contribution in [0.25, 0.3) is 5.65 Å². The molecule has 0 radical (unpaired) electrons. The number of likely N-dealkylation sites (N-methyl/N-ethyl adjacent to an activating group) is 1. The van der Waals surface area contributed by atoms with Crippen molar-refractivity contribution in [1.82, 2.24) is 14.3 Å². The van der Waals surface area contributed by atoms with Gasteiger partial charge >= 0.3 is 0 Å². The molecule has 7 heteroatoms. The number of nitrogens with zero attached hydrogens (tertiary/aromatic N) is 3. The number of carbonyl (C=O) groups is 1. The summed E-state index contributed by atoms with van der Waals surface area (Å²) >= 11 is 0. The van der Waals surface area contributed by atoms with Crippen LogP contribution in [-0.4, -0.2) is 34.3 Å². The highest BCUT2D eigenvalue weighted by atomic mass is 19.3. The van der Waals surface area contributed by atoms with Gasteiger partial charge in [0.05, 0.1) is 11.4 Å². The molecule has 3 rings (SSSR count). The molecule has 0 aromatic carbocycles. The van der Waals surface area contributed by atoms with E-state index in [1.165, 1.54) is 79.6 Å². The molecule has 1 saturated heterocycles. The van der Waals surface area contributed by atoms with Crippen LogP contribution in [0, 0.1) is 12.8 Å². The van der Waals surface area contributed by atoms with E-state index in [0.29, 0.717) is 12.1 Å². The summed E-state index contributed by atoms with van der Waals surface area (Å²) in [6, 6.07) is 1.27. The highest BCUT2D eigenvalue weighted by Gasteiger charge is 2.21. The third-order valence-electron chi connectivity index (χ3n) is 7.63. The van der Waals surface area contributed by atoms with Crippen LogP contribution in [0.3, 0.4) is 0 Å². The van der Waals surface area contributed by atoms with Crippen molar-refractivity contribution in [3.8, 4) is 0 Å². The Morgan fingerprint density at radius 3 is 2.23 bits per heavy atom. The first-order valence-electron chi connectivity index (χ1n) is 16.2. The fraction of sp³-hybridized carbons (Fsp3) is 0.611. The van der Waals surface area contributed by atoms with E-state index in [0.717, 1.165) is 24.6 Å². The number of pyridine rings is 1. The predicted octanol–water partition coefficient (Wildman–Crippen LogP) is 11.1. The van der Waals surface area contributed by atoms with E-state index in [-0.39, 0.29) is 11.3 Å². The maximum Gasteiger partial charge on any atom is 0.266 e. The molecule has 2 aromatic heterocycles. The standard InChI is InChI=1S/C14H23N.C10H9F2N3O.C8H18.C4H10/c1-6-8-12(4)13-9-10-15(5)14(13)11(3)7-2;1-6-3-15-4-8(13-5-16)7(10(11)12)2-9(15)14-6;1-4-6-7-8(3)5-2;1-3-4-2/h6,8H,7,9-10H2,1-5H3;2-5,10H,1H3,(H,13,16);8H,4-7H2,1-3H3;3-4H2,1-2H3/b8-6-,13-12-,14-11?;;;. The fourth-order valence-corrected chi connectivity index (χ4v) is 4.52. The minimum Gasteiger partial charge on any atom is -0.374 e. The lowest BCUT2D eigenvalue weighted by Gasteiger charge is -2.17. The molecule has 43 heavy (non-hydrogen) atoms. The molecule has 5 nitrogen and oxygen atoms in total. The monoisotopic (exact) mass is 602 g/mol. The Bertz CT molecular complexity index is 1160. The number of halogens is 2. The molecular weight excluding hydrogens is 542 g/mol. The van der Waals surface area contributed by atoms with E-state index >= 15 is 0 Å². The number of imidazole rings is 1. The zero-order valence-electron chi connectivity index (χ0n) is 29.0. The summed E-state index contributed by atoms with van der Waals surface area (Å²) in [5, 5.41) is 2.25. The van der Waals surface area contributed by atoms with Gasteiger partial charge < -0.3 is 14.6 Å². The number of likely N-dealkylation sites (tertiary alicyclic amines) is 1. The molecule has 3 heterocycles. The van der Waals surface area contributed by atoms with Crippen LogP contribution in [-0.2, 0) is 4.79 Å². The summed E-state index contributed by atoms with van der Waals surface area (Å²) in [4.78, 5) is 16.8. The molecule has 0 spiro atoms. The summed E-state index contributed by atoms with van der Waals surface area (Å²) in [5.74, 6) is 0.954. The van der Waals surface area contributed by atoms with Crippen LogP contribution in [0.15, 0.2) is 53.0 Å². The van der Waals surface area contributed by atoms with Gasteiger partial charge in [-0.3, -0.25) is 4.79 Å². The van der Waals surface area contributed by atoms with Gasteiger partial charge in [0.2, 0.25) is 6.41 Å². The van der Waals surface area contributed by atoms with Crippen LogP contribution in [0.5, 0.6) is 0 Å². The van der Waals surface area contributed by atoms with E-state index in [4.69, 9.17) is 0 Å². The van der Waals surface area contributed by atoms with E-state index in [1.54, 1.807) is 17.5 Å². The lowest BCUT2D eigenvalue weighted by Crippen LogP contribution is -2.12. The van der Waals surface area contributed by atoms with Crippen LogP contribution >= 0.6 is 0 Å². The number of alkyl halides is 2. The molecule has 0 saturated carbocycles. The first kappa shape index (κ1) is 40.0. The van der Waals surface area contributed by atoms with Crippen molar-refractivity contribution in [2.75, 3.05) is 18.9 Å². The van der Waals surface area contributed by atoms with Gasteiger partial charge in [-0.2, -0.15) is 0 Å². The number of anilines is 1. The summed E-state index contributed by atoms with van der Waals surface area (Å²) in [6.45, 7) is 22.9. The van der Waals surface area contributed by atoms with Crippen molar-refractivity contribution in [3.05, 3.63) is 64.3 Å². The second kappa shape index (κ2) is 22.6. The van der Waals surface area contributed by atoms with E-state index in [1.807, 2.05) is 0 Å². The largest absolute Gasteiger partial charge is 0.374 e. The average molecular weight is 603 g/mol. The van der Waals surface area contributed by atoms with Gasteiger partial charge in [-0.15, -0.1) is 0 Å². The van der Waals surface area contributed by atoms with Crippen molar-refractivity contribution < 1.29 is 13.6 Å². The molecule has 0 bridgehead atoms. The first-order chi connectivity index (χ1) is 20.4. The van der Waals surface area contributed by atoms with Crippen LogP contribution < -0.4 is 5.32 Å². The second-order valence-corrected chi connectivity index (χ2v) is 11.3. The molecule has 2 aromatic rings. The molecule has 1 unspecified atom stereocenters. The lowest BCUT2D eigenvalue weighted by molar-refractivity contribution is -0.105. The van der Waals surface area contributed by atoms with Crippen LogP contribution in [0.2, 0.25) is 0 Å². The van der Waals surface area contributed by atoms with Crippen molar-refractivity contribution >= 4 is 17.7 Å². The molecule has 0 aliphatic carbocycles. The molecule has 1 atom stereocenters. The normalized spacial score (nSPS) is 15.7. The van der Waals surface area contributed by atoms with Gasteiger partial charge in [0.1, 0.15) is 5.65 Å². The number of unbranched alkanes of at least 4 members (excludes halogenated alkanes) is 2. The molecule has 1 fully saturated rings. The van der Waals surface area contributed by atoms with Crippen molar-refractivity contribution in [3.63, 3.8) is 0 Å². The highest BCUT2D eigenvalue weighted by molar-refractivity contribution is 5.74. The number of aromatic nitrogens is 2. The number of fused-ring (bicyclic) bond motifs is 1. The fourth-order valence-electron chi connectivity index (χ4n) is 4.52. The Kier molecular flexibility index (Phi) is 21.0. The quantitative estimate of drug-likeness (QED) is 0.275. The van der Waals surface area contributed by atoms with Crippen molar-refractivity contribution in [2.24, 2.45) is 5.92 Å². The third kappa shape index (κ3) is 14.4. The van der Waals surface area contributed by atoms with Crippen LogP contribution in [0.1, 0.15) is 131 Å². The minimum absolute atomic E-state index is 0.0925. The number of rotatable bonds is 10. The summed E-state index contributed by atoms with van der Waals surface area (Å²) in [5.41, 5.74) is 6.97. The number of hydrogen-bond donors (Lipinski definition) is 1. The molecule has 1 aliphatic heterocycles. The Hall–Kier alpha value is -2.96. The number of allylic oxidation sites excluding steroid dienone is 5. The molecule has 1 aliphatic rings. The first-order valence-corrected chi connectivity index (χ1v) is 16.2. The van der Waals surface area contributed by atoms with E-state index in [2.05, 4.69) is 96.7 Å². The van der Waals surface area contributed by atoms with Crippen LogP contribution in [0.4, 0.5) is 14.5 Å². The number of nitrogens with one attached hydrogen (secondary N) is 1. The predicted molar refractivity (Wildman–Crippen MR) is 182 cm³/mol. The maximum atomic E-state index is 12.7. The molecule has 1 amide bonds. The zero-order valence-corrected chi connectivity index (χ0v) is 29.0. The summed E-state index contributed by atoms with van der Waals surface area (Å²) in [7, 11) is 2.20. The number of amides is 1. The second-order valence-electron chi connectivity index (χ2n) is 11.3. The lowest BCUT2D eigenvalue weighted by atomic mass is 10.0. The van der Waals surface area contributed by atoms with Crippen molar-refractivity contribution in [2.45, 2.75) is 127 Å². The highest BCUT2D eigenvalue weighted by Crippen LogP contribution is 2.32. The van der Waals surface area contributed by atoms with Gasteiger partial charge in [0.25, 0.3) is 6.43 Å². The number of aryl methyl sites for hydroxylation is 1. The Morgan fingerprint density at radius 2 is 1.74 bits per heavy atom. The molecule has 244 valence electrons. The minimum atomic E-state index is -2.65. The van der Waals surface area contributed by atoms with Gasteiger partial charge in [-0.05, 0) is 69.2 Å². The Morgan fingerprint density at radius 1 is 1.09 bits per heavy atom. The maximum absolute atomic E-state index is 12.7. The molecular formula is C36H60F2N4O.